The van der Waals surface area contributed by atoms with Crippen molar-refractivity contribution in [3.8, 4) is 11.5 Å². The second-order valence-electron chi connectivity index (χ2n) is 3.29. The van der Waals surface area contributed by atoms with Gasteiger partial charge in [-0.15, -0.1) is 11.3 Å². The Hall–Kier alpha value is -1.55. The fourth-order valence-corrected chi connectivity index (χ4v) is 2.22. The summed E-state index contributed by atoms with van der Waals surface area (Å²) in [5.74, 6) is 1.67. The number of aromatic nitrogens is 1. The molecule has 15 heavy (non-hydrogen) atoms. The smallest absolute Gasteiger partial charge is 0.231 e. The molecule has 3 rings (SSSR count). The minimum absolute atomic E-state index is 0.329. The third-order valence-electron chi connectivity index (χ3n) is 2.28. The molecule has 76 valence electrons. The van der Waals surface area contributed by atoms with Gasteiger partial charge in [0.1, 0.15) is 0 Å². The van der Waals surface area contributed by atoms with Gasteiger partial charge in [-0.1, -0.05) is 6.07 Å². The van der Waals surface area contributed by atoms with Crippen molar-refractivity contribution in [3.63, 3.8) is 0 Å². The van der Waals surface area contributed by atoms with Crippen LogP contribution in [0.1, 0.15) is 10.6 Å². The van der Waals surface area contributed by atoms with E-state index in [1.54, 1.807) is 11.3 Å². The minimum atomic E-state index is 0.329. The lowest BCUT2D eigenvalue weighted by Crippen LogP contribution is -1.93. The van der Waals surface area contributed by atoms with Crippen LogP contribution < -0.4 is 9.47 Å². The molecule has 4 heteroatoms. The summed E-state index contributed by atoms with van der Waals surface area (Å²) in [5, 5.41) is 3.11. The molecule has 0 radical (unpaired) electrons. The zero-order valence-corrected chi connectivity index (χ0v) is 8.79. The Balaban J connectivity index is 1.87. The first-order chi connectivity index (χ1) is 7.42. The highest BCUT2D eigenvalue weighted by Crippen LogP contribution is 2.33. The zero-order valence-electron chi connectivity index (χ0n) is 7.97. The van der Waals surface area contributed by atoms with E-state index in [1.165, 1.54) is 5.56 Å². The number of thiazole rings is 1. The van der Waals surface area contributed by atoms with Gasteiger partial charge >= 0.3 is 0 Å². The van der Waals surface area contributed by atoms with Crippen LogP contribution in [0.25, 0.3) is 0 Å². The van der Waals surface area contributed by atoms with Crippen LogP contribution in [0.2, 0.25) is 0 Å². The van der Waals surface area contributed by atoms with E-state index in [-0.39, 0.29) is 0 Å². The van der Waals surface area contributed by atoms with Gasteiger partial charge in [-0.25, -0.2) is 4.98 Å². The number of nitrogens with zero attached hydrogens (tertiary/aromatic N) is 1. The molecule has 1 aliphatic heterocycles. The average molecular weight is 219 g/mol. The molecule has 2 heterocycles. The fraction of sp³-hybridized carbons (Fsp3) is 0.182. The predicted molar refractivity (Wildman–Crippen MR) is 57.5 cm³/mol. The van der Waals surface area contributed by atoms with Crippen molar-refractivity contribution in [2.24, 2.45) is 0 Å². The Morgan fingerprint density at radius 2 is 2.20 bits per heavy atom. The molecule has 1 aromatic heterocycles. The van der Waals surface area contributed by atoms with Crippen LogP contribution in [0, 0.1) is 0 Å². The van der Waals surface area contributed by atoms with Crippen molar-refractivity contribution in [2.75, 3.05) is 6.79 Å². The Labute approximate surface area is 91.3 Å². The van der Waals surface area contributed by atoms with Crippen LogP contribution in [0.3, 0.4) is 0 Å². The molecule has 0 N–H and O–H groups in total. The van der Waals surface area contributed by atoms with E-state index in [9.17, 15) is 0 Å². The van der Waals surface area contributed by atoms with Crippen molar-refractivity contribution in [2.45, 2.75) is 6.42 Å². The van der Waals surface area contributed by atoms with Crippen LogP contribution in [0.5, 0.6) is 11.5 Å². The summed E-state index contributed by atoms with van der Waals surface area (Å²) in [6.45, 7) is 0.329. The summed E-state index contributed by atoms with van der Waals surface area (Å²) in [7, 11) is 0. The summed E-state index contributed by atoms with van der Waals surface area (Å²) in [6, 6.07) is 6.02. The van der Waals surface area contributed by atoms with Gasteiger partial charge in [-0.05, 0) is 17.7 Å². The first-order valence-electron chi connectivity index (χ1n) is 4.69. The summed E-state index contributed by atoms with van der Waals surface area (Å²) in [6.07, 6.45) is 2.68. The number of hydrogen-bond donors (Lipinski definition) is 0. The largest absolute Gasteiger partial charge is 0.454 e. The lowest BCUT2D eigenvalue weighted by Gasteiger charge is -2.00. The van der Waals surface area contributed by atoms with Gasteiger partial charge in [0.05, 0.1) is 5.01 Å². The Morgan fingerprint density at radius 3 is 3.07 bits per heavy atom. The van der Waals surface area contributed by atoms with Crippen LogP contribution in [0.15, 0.2) is 29.8 Å². The first-order valence-corrected chi connectivity index (χ1v) is 5.57. The van der Waals surface area contributed by atoms with Crippen molar-refractivity contribution in [3.05, 3.63) is 40.3 Å². The Morgan fingerprint density at radius 1 is 1.27 bits per heavy atom. The van der Waals surface area contributed by atoms with Gasteiger partial charge in [0.15, 0.2) is 11.5 Å². The number of benzene rings is 1. The highest BCUT2D eigenvalue weighted by molar-refractivity contribution is 7.09. The maximum absolute atomic E-state index is 5.32. The third-order valence-corrected chi connectivity index (χ3v) is 3.06. The van der Waals surface area contributed by atoms with Crippen molar-refractivity contribution >= 4 is 11.3 Å². The summed E-state index contributed by atoms with van der Waals surface area (Å²) >= 11 is 1.67. The van der Waals surface area contributed by atoms with Gasteiger partial charge in [-0.3, -0.25) is 0 Å². The molecule has 3 nitrogen and oxygen atoms in total. The number of fused-ring (bicyclic) bond motifs is 1. The standard InChI is InChI=1S/C11H9NO2S/c1-2-9-10(14-7-13-9)5-8(1)6-11-12-3-4-15-11/h1-5H,6-7H2. The van der Waals surface area contributed by atoms with Gasteiger partial charge in [0, 0.05) is 18.0 Å². The molecular weight excluding hydrogens is 210 g/mol. The van der Waals surface area contributed by atoms with E-state index in [4.69, 9.17) is 9.47 Å². The molecule has 0 spiro atoms. The van der Waals surface area contributed by atoms with Gasteiger partial charge < -0.3 is 9.47 Å². The number of hydrogen-bond acceptors (Lipinski definition) is 4. The zero-order chi connectivity index (χ0) is 10.1. The van der Waals surface area contributed by atoms with E-state index in [0.717, 1.165) is 22.9 Å². The third kappa shape index (κ3) is 1.68. The molecule has 0 aliphatic carbocycles. The molecule has 1 aliphatic rings. The van der Waals surface area contributed by atoms with Crippen molar-refractivity contribution in [1.29, 1.82) is 0 Å². The SMILES string of the molecule is c1csc(Cc2ccc3c(c2)OCO3)n1. The molecule has 0 atom stereocenters. The fourth-order valence-electron chi connectivity index (χ4n) is 1.57. The van der Waals surface area contributed by atoms with Gasteiger partial charge in [0.25, 0.3) is 0 Å². The van der Waals surface area contributed by atoms with Crippen LogP contribution in [-0.4, -0.2) is 11.8 Å². The number of rotatable bonds is 2. The summed E-state index contributed by atoms with van der Waals surface area (Å²) in [4.78, 5) is 4.25. The van der Waals surface area contributed by atoms with E-state index >= 15 is 0 Å². The molecule has 0 saturated heterocycles. The second kappa shape index (κ2) is 3.55. The lowest BCUT2D eigenvalue weighted by atomic mass is 10.1. The first kappa shape index (κ1) is 8.73. The van der Waals surface area contributed by atoms with Crippen molar-refractivity contribution < 1.29 is 9.47 Å². The van der Waals surface area contributed by atoms with Crippen molar-refractivity contribution in [1.82, 2.24) is 4.98 Å². The molecule has 0 amide bonds. The maximum atomic E-state index is 5.32. The Kier molecular flexibility index (Phi) is 2.07. The topological polar surface area (TPSA) is 31.4 Å². The van der Waals surface area contributed by atoms with E-state index in [1.807, 2.05) is 23.7 Å². The van der Waals surface area contributed by atoms with Gasteiger partial charge in [0.2, 0.25) is 6.79 Å². The Bertz CT molecular complexity index is 467. The molecule has 0 fully saturated rings. The average Bonchev–Trinajstić information content (AvgIpc) is 2.87. The molecule has 2 aromatic rings. The summed E-state index contributed by atoms with van der Waals surface area (Å²) in [5.41, 5.74) is 1.20. The van der Waals surface area contributed by atoms with Crippen LogP contribution in [-0.2, 0) is 6.42 Å². The molecule has 0 bridgehead atoms. The van der Waals surface area contributed by atoms with E-state index < -0.39 is 0 Å². The molecule has 0 saturated carbocycles. The minimum Gasteiger partial charge on any atom is -0.454 e. The molecular formula is C11H9NO2S. The van der Waals surface area contributed by atoms with E-state index in [2.05, 4.69) is 11.1 Å². The number of ether oxygens (including phenoxy) is 2. The highest BCUT2D eigenvalue weighted by atomic mass is 32.1. The monoisotopic (exact) mass is 219 g/mol. The molecule has 0 unspecified atom stereocenters. The van der Waals surface area contributed by atoms with Crippen LogP contribution in [0.4, 0.5) is 0 Å². The maximum Gasteiger partial charge on any atom is 0.231 e. The van der Waals surface area contributed by atoms with Crippen LogP contribution >= 0.6 is 11.3 Å². The molecule has 1 aromatic carbocycles. The predicted octanol–water partition coefficient (Wildman–Crippen LogP) is 2.46. The lowest BCUT2D eigenvalue weighted by molar-refractivity contribution is 0.174. The summed E-state index contributed by atoms with van der Waals surface area (Å²) < 4.78 is 10.6. The van der Waals surface area contributed by atoms with Gasteiger partial charge in [-0.2, -0.15) is 0 Å². The normalized spacial score (nSPS) is 13.1. The highest BCUT2D eigenvalue weighted by Gasteiger charge is 2.13. The second-order valence-corrected chi connectivity index (χ2v) is 4.27. The quantitative estimate of drug-likeness (QED) is 0.777. The van der Waals surface area contributed by atoms with E-state index in [0.29, 0.717) is 6.79 Å².